The number of nitrogens with one attached hydrogen (secondary N) is 1. The van der Waals surface area contributed by atoms with Crippen molar-refractivity contribution in [3.05, 3.63) is 17.5 Å². The van der Waals surface area contributed by atoms with Gasteiger partial charge in [0, 0.05) is 30.9 Å². The molecule has 1 aliphatic rings. The molecule has 1 amide bonds. The van der Waals surface area contributed by atoms with Gasteiger partial charge in [-0.3, -0.25) is 9.48 Å². The molecular formula is C15H26N4O. The lowest BCUT2D eigenvalue weighted by Gasteiger charge is -2.36. The number of carbonyl (C=O) groups excluding carboxylic acids is 1. The SMILES string of the molecule is Cc1c(C(=O)N2C[C@H](C)N[C@@H](C)C2)cnn1C(C)(C)C. The Bertz CT molecular complexity index is 490. The molecule has 0 aromatic carbocycles. The van der Waals surface area contributed by atoms with E-state index in [4.69, 9.17) is 0 Å². The maximum absolute atomic E-state index is 12.7. The Hall–Kier alpha value is -1.36. The van der Waals surface area contributed by atoms with E-state index in [0.717, 1.165) is 24.3 Å². The van der Waals surface area contributed by atoms with Crippen molar-refractivity contribution in [2.24, 2.45) is 0 Å². The number of rotatable bonds is 1. The minimum atomic E-state index is -0.105. The number of aromatic nitrogens is 2. The van der Waals surface area contributed by atoms with Crippen LogP contribution >= 0.6 is 0 Å². The van der Waals surface area contributed by atoms with Gasteiger partial charge in [-0.25, -0.2) is 0 Å². The normalized spacial score (nSPS) is 24.0. The molecule has 112 valence electrons. The predicted molar refractivity (Wildman–Crippen MR) is 79.9 cm³/mol. The Morgan fingerprint density at radius 1 is 1.30 bits per heavy atom. The van der Waals surface area contributed by atoms with Crippen LogP contribution in [0.2, 0.25) is 0 Å². The summed E-state index contributed by atoms with van der Waals surface area (Å²) >= 11 is 0. The standard InChI is InChI=1S/C15H26N4O/c1-10-8-18(9-11(2)17-10)14(20)13-7-16-19(12(13)3)15(4,5)6/h7,10-11,17H,8-9H2,1-6H3/t10-,11-/m0/s1. The van der Waals surface area contributed by atoms with E-state index in [9.17, 15) is 4.79 Å². The highest BCUT2D eigenvalue weighted by molar-refractivity contribution is 5.95. The van der Waals surface area contributed by atoms with E-state index in [1.165, 1.54) is 0 Å². The first-order valence-electron chi connectivity index (χ1n) is 7.30. The van der Waals surface area contributed by atoms with Crippen LogP contribution in [-0.2, 0) is 5.54 Å². The summed E-state index contributed by atoms with van der Waals surface area (Å²) in [6.45, 7) is 14.0. The molecule has 1 fully saturated rings. The van der Waals surface area contributed by atoms with Crippen molar-refractivity contribution < 1.29 is 4.79 Å². The van der Waals surface area contributed by atoms with Gasteiger partial charge < -0.3 is 10.2 Å². The van der Waals surface area contributed by atoms with E-state index in [2.05, 4.69) is 45.0 Å². The molecule has 1 N–H and O–H groups in total. The highest BCUT2D eigenvalue weighted by atomic mass is 16.2. The summed E-state index contributed by atoms with van der Waals surface area (Å²) in [6, 6.07) is 0.668. The molecule has 1 aromatic rings. The maximum Gasteiger partial charge on any atom is 0.257 e. The van der Waals surface area contributed by atoms with Gasteiger partial charge in [0.1, 0.15) is 0 Å². The highest BCUT2D eigenvalue weighted by Crippen LogP contribution is 2.20. The third-order valence-electron chi connectivity index (χ3n) is 3.72. The van der Waals surface area contributed by atoms with Gasteiger partial charge in [-0.15, -0.1) is 0 Å². The molecule has 1 saturated heterocycles. The molecule has 20 heavy (non-hydrogen) atoms. The molecule has 1 aliphatic heterocycles. The van der Waals surface area contributed by atoms with Crippen molar-refractivity contribution in [2.45, 2.75) is 59.2 Å². The number of carbonyl (C=O) groups is 1. The molecule has 0 aliphatic carbocycles. The summed E-state index contributed by atoms with van der Waals surface area (Å²) in [7, 11) is 0. The minimum Gasteiger partial charge on any atom is -0.335 e. The Morgan fingerprint density at radius 3 is 2.30 bits per heavy atom. The smallest absolute Gasteiger partial charge is 0.257 e. The van der Waals surface area contributed by atoms with Crippen LogP contribution in [0.5, 0.6) is 0 Å². The lowest BCUT2D eigenvalue weighted by Crippen LogP contribution is -2.55. The van der Waals surface area contributed by atoms with E-state index in [1.54, 1.807) is 6.20 Å². The van der Waals surface area contributed by atoms with Gasteiger partial charge in [0.15, 0.2) is 0 Å². The first-order valence-corrected chi connectivity index (χ1v) is 7.30. The molecule has 0 bridgehead atoms. The Labute approximate surface area is 121 Å². The van der Waals surface area contributed by atoms with Gasteiger partial charge in [0.05, 0.1) is 17.3 Å². The Balaban J connectivity index is 2.24. The van der Waals surface area contributed by atoms with E-state index >= 15 is 0 Å². The van der Waals surface area contributed by atoms with Gasteiger partial charge in [-0.05, 0) is 41.5 Å². The molecule has 1 aromatic heterocycles. The van der Waals surface area contributed by atoms with Crippen molar-refractivity contribution in [1.29, 1.82) is 0 Å². The average Bonchev–Trinajstić information content (AvgIpc) is 2.68. The first-order chi connectivity index (χ1) is 9.20. The van der Waals surface area contributed by atoms with Crippen LogP contribution in [0.1, 0.15) is 50.7 Å². The fourth-order valence-corrected chi connectivity index (χ4v) is 2.96. The van der Waals surface area contributed by atoms with Crippen LogP contribution in [0.3, 0.4) is 0 Å². The maximum atomic E-state index is 12.7. The van der Waals surface area contributed by atoms with Crippen LogP contribution in [0.4, 0.5) is 0 Å². The van der Waals surface area contributed by atoms with Crippen LogP contribution in [-0.4, -0.2) is 45.8 Å². The monoisotopic (exact) mass is 278 g/mol. The molecule has 0 unspecified atom stereocenters. The molecule has 5 nitrogen and oxygen atoms in total. The highest BCUT2D eigenvalue weighted by Gasteiger charge is 2.29. The summed E-state index contributed by atoms with van der Waals surface area (Å²) in [5.74, 6) is 0.0956. The number of hydrogen-bond acceptors (Lipinski definition) is 3. The summed E-state index contributed by atoms with van der Waals surface area (Å²) in [5, 5.41) is 7.84. The molecule has 2 atom stereocenters. The first kappa shape index (κ1) is 15.0. The van der Waals surface area contributed by atoms with Crippen molar-refractivity contribution in [3.8, 4) is 0 Å². The minimum absolute atomic E-state index is 0.0956. The molecule has 2 rings (SSSR count). The second-order valence-corrected chi connectivity index (χ2v) is 6.91. The van der Waals surface area contributed by atoms with Gasteiger partial charge in [-0.1, -0.05) is 0 Å². The average molecular weight is 278 g/mol. The van der Waals surface area contributed by atoms with Crippen LogP contribution in [0.25, 0.3) is 0 Å². The van der Waals surface area contributed by atoms with E-state index < -0.39 is 0 Å². The van der Waals surface area contributed by atoms with Gasteiger partial charge in [0.25, 0.3) is 5.91 Å². The predicted octanol–water partition coefficient (Wildman–Crippen LogP) is 1.77. The number of piperazine rings is 1. The number of hydrogen-bond donors (Lipinski definition) is 1. The molecule has 5 heteroatoms. The second-order valence-electron chi connectivity index (χ2n) is 6.91. The fraction of sp³-hybridized carbons (Fsp3) is 0.733. The zero-order valence-electron chi connectivity index (χ0n) is 13.4. The van der Waals surface area contributed by atoms with Crippen molar-refractivity contribution >= 4 is 5.91 Å². The van der Waals surface area contributed by atoms with Crippen LogP contribution in [0, 0.1) is 6.92 Å². The van der Waals surface area contributed by atoms with Crippen molar-refractivity contribution in [1.82, 2.24) is 20.0 Å². The van der Waals surface area contributed by atoms with Crippen molar-refractivity contribution in [2.75, 3.05) is 13.1 Å². The van der Waals surface area contributed by atoms with E-state index in [0.29, 0.717) is 12.1 Å². The largest absolute Gasteiger partial charge is 0.335 e. The van der Waals surface area contributed by atoms with Crippen LogP contribution < -0.4 is 5.32 Å². The summed E-state index contributed by atoms with van der Waals surface area (Å²) in [5.41, 5.74) is 1.56. The van der Waals surface area contributed by atoms with Crippen LogP contribution in [0.15, 0.2) is 6.20 Å². The molecule has 0 saturated carbocycles. The lowest BCUT2D eigenvalue weighted by atomic mass is 10.1. The Morgan fingerprint density at radius 2 is 1.85 bits per heavy atom. The zero-order chi connectivity index (χ0) is 15.1. The third kappa shape index (κ3) is 2.87. The molecule has 2 heterocycles. The van der Waals surface area contributed by atoms with E-state index in [1.807, 2.05) is 16.5 Å². The lowest BCUT2D eigenvalue weighted by molar-refractivity contribution is 0.0672. The summed E-state index contributed by atoms with van der Waals surface area (Å²) in [6.07, 6.45) is 1.71. The third-order valence-corrected chi connectivity index (χ3v) is 3.72. The Kier molecular flexibility index (Phi) is 3.91. The zero-order valence-corrected chi connectivity index (χ0v) is 13.4. The molecule has 0 spiro atoms. The summed E-state index contributed by atoms with van der Waals surface area (Å²) < 4.78 is 1.93. The number of nitrogens with zero attached hydrogens (tertiary/aromatic N) is 3. The fourth-order valence-electron chi connectivity index (χ4n) is 2.96. The quantitative estimate of drug-likeness (QED) is 0.852. The van der Waals surface area contributed by atoms with E-state index in [-0.39, 0.29) is 11.4 Å². The van der Waals surface area contributed by atoms with Gasteiger partial charge >= 0.3 is 0 Å². The summed E-state index contributed by atoms with van der Waals surface area (Å²) in [4.78, 5) is 14.6. The van der Waals surface area contributed by atoms with Crippen molar-refractivity contribution in [3.63, 3.8) is 0 Å². The second kappa shape index (κ2) is 5.20. The van der Waals surface area contributed by atoms with Gasteiger partial charge in [-0.2, -0.15) is 5.10 Å². The molecular weight excluding hydrogens is 252 g/mol. The molecule has 0 radical (unpaired) electrons. The van der Waals surface area contributed by atoms with Gasteiger partial charge in [0.2, 0.25) is 0 Å². The number of amides is 1. The topological polar surface area (TPSA) is 50.2 Å².